The first-order chi connectivity index (χ1) is 11.9. The molecule has 1 aliphatic carbocycles. The second-order valence-electron chi connectivity index (χ2n) is 7.50. The summed E-state index contributed by atoms with van der Waals surface area (Å²) in [5, 5.41) is 4.23. The molecule has 1 saturated heterocycles. The van der Waals surface area contributed by atoms with E-state index in [9.17, 15) is 18.4 Å². The van der Waals surface area contributed by atoms with Crippen LogP contribution >= 0.6 is 0 Å². The molecule has 0 spiro atoms. The number of aromatic nitrogens is 2. The highest BCUT2D eigenvalue weighted by Crippen LogP contribution is 2.40. The van der Waals surface area contributed by atoms with Gasteiger partial charge in [-0.25, -0.2) is 8.78 Å². The summed E-state index contributed by atoms with van der Waals surface area (Å²) in [5.74, 6) is -2.37. The van der Waals surface area contributed by atoms with E-state index in [1.54, 1.807) is 21.8 Å². The highest BCUT2D eigenvalue weighted by atomic mass is 19.3. The lowest BCUT2D eigenvalue weighted by Gasteiger charge is -2.38. The smallest absolute Gasteiger partial charge is 0.251 e. The normalized spacial score (nSPS) is 30.8. The summed E-state index contributed by atoms with van der Waals surface area (Å²) >= 11 is 0. The number of hydrogen-bond acceptors (Lipinski definition) is 3. The standard InChI is InChI=1S/C17H22F2N4O2/c1-11-8-13(11)15(24)22-9-12-2-5-20-23(12)14(10-22)16(25)21-6-3-17(18,19)4-7-21/h2,5,11,13-14H,3-4,6-10H2,1H3/t11-,13-,14+/m1/s1. The van der Waals surface area contributed by atoms with Crippen molar-refractivity contribution in [3.63, 3.8) is 0 Å². The molecule has 25 heavy (non-hydrogen) atoms. The van der Waals surface area contributed by atoms with Gasteiger partial charge in [-0.2, -0.15) is 5.10 Å². The number of carbonyl (C=O) groups is 2. The second kappa shape index (κ2) is 5.78. The molecule has 6 nitrogen and oxygen atoms in total. The van der Waals surface area contributed by atoms with Crippen LogP contribution in [0.15, 0.2) is 12.3 Å². The molecule has 0 bridgehead atoms. The summed E-state index contributed by atoms with van der Waals surface area (Å²) in [6.07, 6.45) is 1.90. The van der Waals surface area contributed by atoms with Gasteiger partial charge in [-0.15, -0.1) is 0 Å². The number of alkyl halides is 2. The molecule has 0 radical (unpaired) electrons. The van der Waals surface area contributed by atoms with Gasteiger partial charge in [0.05, 0.1) is 18.8 Å². The zero-order valence-corrected chi connectivity index (χ0v) is 14.2. The van der Waals surface area contributed by atoms with E-state index in [0.29, 0.717) is 12.5 Å². The fraction of sp³-hybridized carbons (Fsp3) is 0.706. The highest BCUT2D eigenvalue weighted by molar-refractivity contribution is 5.85. The topological polar surface area (TPSA) is 58.4 Å². The average Bonchev–Trinajstić information content (AvgIpc) is 3.12. The van der Waals surface area contributed by atoms with Crippen LogP contribution < -0.4 is 0 Å². The quantitative estimate of drug-likeness (QED) is 0.814. The molecule has 0 N–H and O–H groups in total. The first kappa shape index (κ1) is 16.5. The number of hydrogen-bond donors (Lipinski definition) is 0. The van der Waals surface area contributed by atoms with E-state index in [1.807, 2.05) is 6.92 Å². The minimum Gasteiger partial charge on any atom is -0.340 e. The Bertz CT molecular complexity index is 695. The molecule has 2 amide bonds. The van der Waals surface area contributed by atoms with Gasteiger partial charge in [0, 0.05) is 38.0 Å². The number of piperidine rings is 1. The van der Waals surface area contributed by atoms with Crippen LogP contribution in [0.3, 0.4) is 0 Å². The lowest BCUT2D eigenvalue weighted by molar-refractivity contribution is -0.144. The second-order valence-corrected chi connectivity index (χ2v) is 7.50. The third-order valence-electron chi connectivity index (χ3n) is 5.62. The van der Waals surface area contributed by atoms with Gasteiger partial charge < -0.3 is 9.80 Å². The summed E-state index contributed by atoms with van der Waals surface area (Å²) in [6.45, 7) is 2.86. The van der Waals surface area contributed by atoms with Crippen molar-refractivity contribution in [2.24, 2.45) is 11.8 Å². The van der Waals surface area contributed by atoms with Crippen molar-refractivity contribution in [3.8, 4) is 0 Å². The number of likely N-dealkylation sites (tertiary alicyclic amines) is 1. The minimum absolute atomic E-state index is 0.0482. The molecule has 2 aliphatic heterocycles. The Morgan fingerprint density at radius 2 is 1.88 bits per heavy atom. The molecule has 8 heteroatoms. The van der Waals surface area contributed by atoms with Crippen molar-refractivity contribution in [2.75, 3.05) is 19.6 Å². The molecule has 0 aromatic carbocycles. The molecule has 0 unspecified atom stereocenters. The molecule has 1 aromatic rings. The van der Waals surface area contributed by atoms with Crippen LogP contribution in [0, 0.1) is 11.8 Å². The van der Waals surface area contributed by atoms with Crippen LogP contribution in [0.1, 0.15) is 37.9 Å². The van der Waals surface area contributed by atoms with E-state index in [0.717, 1.165) is 12.1 Å². The van der Waals surface area contributed by atoms with E-state index in [-0.39, 0.29) is 50.2 Å². The number of carbonyl (C=O) groups excluding carboxylic acids is 2. The van der Waals surface area contributed by atoms with Crippen LogP contribution in [-0.2, 0) is 16.1 Å². The van der Waals surface area contributed by atoms with Crippen LogP contribution in [0.2, 0.25) is 0 Å². The first-order valence-electron chi connectivity index (χ1n) is 8.83. The fourth-order valence-electron chi connectivity index (χ4n) is 3.81. The van der Waals surface area contributed by atoms with Gasteiger partial charge in [-0.05, 0) is 18.4 Å². The predicted molar refractivity (Wildman–Crippen MR) is 84.7 cm³/mol. The summed E-state index contributed by atoms with van der Waals surface area (Å²) < 4.78 is 28.4. The Hall–Kier alpha value is -1.99. The van der Waals surface area contributed by atoms with E-state index < -0.39 is 12.0 Å². The Morgan fingerprint density at radius 3 is 2.52 bits per heavy atom. The number of halogens is 2. The van der Waals surface area contributed by atoms with Crippen LogP contribution in [0.5, 0.6) is 0 Å². The van der Waals surface area contributed by atoms with Crippen molar-refractivity contribution < 1.29 is 18.4 Å². The maximum atomic E-state index is 13.4. The van der Waals surface area contributed by atoms with Gasteiger partial charge in [-0.1, -0.05) is 6.92 Å². The van der Waals surface area contributed by atoms with Crippen LogP contribution in [-0.4, -0.2) is 57.0 Å². The summed E-state index contributed by atoms with van der Waals surface area (Å²) in [7, 11) is 0. The summed E-state index contributed by atoms with van der Waals surface area (Å²) in [4.78, 5) is 28.7. The highest BCUT2D eigenvalue weighted by Gasteiger charge is 2.45. The third kappa shape index (κ3) is 3.02. The number of amides is 2. The number of nitrogens with zero attached hydrogens (tertiary/aromatic N) is 4. The molecule has 2 fully saturated rings. The Morgan fingerprint density at radius 1 is 1.20 bits per heavy atom. The maximum absolute atomic E-state index is 13.4. The van der Waals surface area contributed by atoms with Gasteiger partial charge in [0.15, 0.2) is 0 Å². The Balaban J connectivity index is 1.52. The van der Waals surface area contributed by atoms with Gasteiger partial charge in [-0.3, -0.25) is 14.3 Å². The maximum Gasteiger partial charge on any atom is 0.251 e. The molecule has 3 aliphatic rings. The van der Waals surface area contributed by atoms with Crippen LogP contribution in [0.4, 0.5) is 8.78 Å². The van der Waals surface area contributed by atoms with Gasteiger partial charge in [0.25, 0.3) is 5.92 Å². The molecule has 3 atom stereocenters. The minimum atomic E-state index is -2.69. The largest absolute Gasteiger partial charge is 0.340 e. The monoisotopic (exact) mass is 352 g/mol. The summed E-state index contributed by atoms with van der Waals surface area (Å²) in [5.41, 5.74) is 0.814. The van der Waals surface area contributed by atoms with E-state index >= 15 is 0 Å². The van der Waals surface area contributed by atoms with E-state index in [4.69, 9.17) is 0 Å². The zero-order valence-electron chi connectivity index (χ0n) is 14.2. The molecule has 3 heterocycles. The average molecular weight is 352 g/mol. The van der Waals surface area contributed by atoms with E-state index in [2.05, 4.69) is 5.10 Å². The van der Waals surface area contributed by atoms with Crippen molar-refractivity contribution in [1.29, 1.82) is 0 Å². The molecule has 4 rings (SSSR count). The third-order valence-corrected chi connectivity index (χ3v) is 5.62. The van der Waals surface area contributed by atoms with Gasteiger partial charge >= 0.3 is 0 Å². The van der Waals surface area contributed by atoms with Crippen molar-refractivity contribution in [3.05, 3.63) is 18.0 Å². The number of rotatable bonds is 2. The van der Waals surface area contributed by atoms with Crippen LogP contribution in [0.25, 0.3) is 0 Å². The molecular formula is C17H22F2N4O2. The van der Waals surface area contributed by atoms with Crippen molar-refractivity contribution in [2.45, 2.75) is 44.7 Å². The summed E-state index contributed by atoms with van der Waals surface area (Å²) in [6, 6.07) is 1.18. The first-order valence-corrected chi connectivity index (χ1v) is 8.83. The lowest BCUT2D eigenvalue weighted by Crippen LogP contribution is -2.51. The Labute approximate surface area is 144 Å². The molecular weight excluding hydrogens is 330 g/mol. The lowest BCUT2D eigenvalue weighted by atomic mass is 10.0. The fourth-order valence-corrected chi connectivity index (χ4v) is 3.81. The van der Waals surface area contributed by atoms with E-state index in [1.165, 1.54) is 4.90 Å². The molecule has 1 aromatic heterocycles. The van der Waals surface area contributed by atoms with Gasteiger partial charge in [0.2, 0.25) is 11.8 Å². The zero-order chi connectivity index (χ0) is 17.8. The van der Waals surface area contributed by atoms with Gasteiger partial charge in [0.1, 0.15) is 6.04 Å². The predicted octanol–water partition coefficient (Wildman–Crippen LogP) is 1.68. The number of fused-ring (bicyclic) bond motifs is 1. The van der Waals surface area contributed by atoms with Crippen molar-refractivity contribution >= 4 is 11.8 Å². The molecule has 136 valence electrons. The molecule has 1 saturated carbocycles. The Kier molecular flexibility index (Phi) is 3.81. The SMILES string of the molecule is C[C@@H]1C[C@H]1C(=O)N1Cc2ccnn2[C@H](C(=O)N2CCC(F)(F)CC2)C1. The van der Waals surface area contributed by atoms with Crippen molar-refractivity contribution in [1.82, 2.24) is 19.6 Å².